The number of aryl methyl sites for hydroxylation is 5. The molecule has 0 aromatic carbocycles. The van der Waals surface area contributed by atoms with Crippen LogP contribution in [-0.2, 0) is 67.2 Å². The van der Waals surface area contributed by atoms with E-state index in [0.717, 1.165) is 71.8 Å². The van der Waals surface area contributed by atoms with Gasteiger partial charge in [0.2, 0.25) is 0 Å². The smallest absolute Gasteiger partial charge is 0.330 e. The van der Waals surface area contributed by atoms with Crippen molar-refractivity contribution in [3.63, 3.8) is 0 Å². The Morgan fingerprint density at radius 3 is 0.821 bits per heavy atom. The summed E-state index contributed by atoms with van der Waals surface area (Å²) in [6.45, 7) is 33.0. The molecule has 0 bridgehead atoms. The SMILES string of the molecule is C=CCCn1cc(C2OC(CCP(=C)(C)C)[C@@H](O)[C@H]2O)c(=O)[nH]c1=O.C=CCc1cn(C2OC(CCP(=C)(C)C)[C@@H](O)[C@H]2O)c(=O)[nH]c1=O.C=P(C)(C)CCC1OC(c2cn(CCC)c(=O)[nH]c2=O)[C@H](O)[C@@H]1O.C=P(C)(C)CCC1OC(n2cc(CC)c(=O)[nH]c2=O)[C@H](O)[C@@H]1O.C=P(C)(C)CCC1OC(n2cc(CCC)c(=O)[nH]c2=O)[C@H](O)[C@@H]1O.C=P(C)(C)CCC1OC(n2cc(CCCC)c(=O)[nH]c2=O)[C@H](O)[C@@H]1O. The summed E-state index contributed by atoms with van der Waals surface area (Å²) >= 11 is 0. The lowest BCUT2D eigenvalue weighted by Gasteiger charge is -2.19. The second-order valence-electron chi connectivity index (χ2n) is 42.2. The quantitative estimate of drug-likeness (QED) is 0.0192. The zero-order valence-corrected chi connectivity index (χ0v) is 91.8. The van der Waals surface area contributed by atoms with Crippen LogP contribution in [0.5, 0.6) is 0 Å². The van der Waals surface area contributed by atoms with Crippen molar-refractivity contribution in [3.05, 3.63) is 221 Å². The van der Waals surface area contributed by atoms with Crippen molar-refractivity contribution in [1.82, 2.24) is 57.3 Å². The number of H-pyrrole nitrogens is 6. The number of aromatic amines is 6. The summed E-state index contributed by atoms with van der Waals surface area (Å²) in [4.78, 5) is 157. The van der Waals surface area contributed by atoms with Crippen LogP contribution in [-0.4, -0.2) is 383 Å². The Bertz CT molecular complexity index is 6330. The largest absolute Gasteiger partial charge is 0.388 e. The lowest BCUT2D eigenvalue weighted by atomic mass is 10.0. The maximum atomic E-state index is 12.2. The molecule has 18 N–H and O–H groups in total. The van der Waals surface area contributed by atoms with Crippen LogP contribution in [0.15, 0.2) is 120 Å². The molecule has 818 valence electrons. The van der Waals surface area contributed by atoms with Crippen LogP contribution >= 0.6 is 41.3 Å². The molecule has 6 aliphatic rings. The molecule has 6 saturated heterocycles. The molecule has 0 amide bonds. The standard InChI is InChI=1S/C17H27N2O5P.C17H29N2O5P.2C16H27N2O5P.C16H25N2O5P.C15H25N2O5P/c1-5-6-8-19-10-11(16(22)18-17(19)23)15-14(21)13(20)12(24-15)7-9-25(2,3)4;1-5-6-7-11-10-19(17(23)18-15(11)22)16-14(21)13(20)12(24-16)8-9-25(2,3)4;1-5-7-18-9-10(15(21)17-16(18)22)14-13(20)12(19)11(23-14)6-8-24(2,3)4;2*1-5-6-10-9-18(16(22)17-14(10)21)15-13(20)12(19)11(23-15)7-8-24(2,3)4;1-5-9-8-17(15(21)16-13(9)20)14-12(19)11(18)10(22-14)6-7-23(2,3)4/h5,10,12-15,20-21H,1-2,6-9H2,3-4H3,(H,18,22,23);10,12-14,16,20-21H,2,5-9H2,1,3-4H3,(H,18,22,23);9,11-14,19-20H,2,5-8H2,1,3-4H3,(H,17,21,22);9,11-13,15,19-20H,2,5-8H2,1,3-4H3,(H,17,21,22);5,9,11-13,15,19-20H,1-2,6-8H2,3-4H3,(H,17,21,22);8,10-12,14,18-19H,2,5-7H2,1,3-4H3,(H,16,20,21)/t12?,13-,14-,15?;12?,13-,14-,16?;11?,12-,13-,14?;2*11?,12-,13-,15?;10?,11-,12-,14?/m111111/s1. The van der Waals surface area contributed by atoms with E-state index in [1.54, 1.807) is 19.1 Å². The fourth-order valence-corrected chi connectivity index (χ4v) is 22.5. The van der Waals surface area contributed by atoms with Gasteiger partial charge in [-0.05, 0) is 200 Å². The topological polar surface area (TPSA) is 627 Å². The van der Waals surface area contributed by atoms with Gasteiger partial charge in [-0.2, -0.15) is 0 Å². The highest BCUT2D eigenvalue weighted by molar-refractivity contribution is 7.73. The van der Waals surface area contributed by atoms with E-state index >= 15 is 0 Å². The molecule has 12 heterocycles. The third kappa shape index (κ3) is 35.6. The van der Waals surface area contributed by atoms with Crippen LogP contribution in [0.1, 0.15) is 169 Å². The lowest BCUT2D eigenvalue weighted by molar-refractivity contribution is -0.0404. The minimum absolute atomic E-state index is 0.140. The van der Waals surface area contributed by atoms with Gasteiger partial charge in [-0.25, -0.2) is 28.8 Å². The van der Waals surface area contributed by atoms with Gasteiger partial charge in [0.25, 0.3) is 33.4 Å². The molecule has 0 saturated carbocycles. The summed E-state index contributed by atoms with van der Waals surface area (Å²) in [5, 5.41) is 123. The second-order valence-corrected chi connectivity index (χ2v) is 68.1. The lowest BCUT2D eigenvalue weighted by Crippen LogP contribution is -2.38. The van der Waals surface area contributed by atoms with Crippen molar-refractivity contribution in [2.45, 2.75) is 284 Å². The summed E-state index contributed by atoms with van der Waals surface area (Å²) in [5.41, 5.74) is -4.64. The molecule has 0 spiro atoms. The van der Waals surface area contributed by atoms with Crippen LogP contribution in [0.3, 0.4) is 0 Å². The molecule has 145 heavy (non-hydrogen) atoms. The predicted molar refractivity (Wildman–Crippen MR) is 584 cm³/mol. The van der Waals surface area contributed by atoms with E-state index in [1.807, 2.05) is 20.8 Å². The van der Waals surface area contributed by atoms with Gasteiger partial charge in [-0.1, -0.05) is 52.7 Å². The van der Waals surface area contributed by atoms with Crippen molar-refractivity contribution in [3.8, 4) is 0 Å². The maximum Gasteiger partial charge on any atom is 0.330 e. The van der Waals surface area contributed by atoms with Gasteiger partial charge < -0.3 is 94.3 Å². The molecular formula is C97H160N12O30P6. The van der Waals surface area contributed by atoms with E-state index in [9.17, 15) is 119 Å². The number of aliphatic hydroxyl groups is 12. The third-order valence-corrected chi connectivity index (χ3v) is 34.1. The minimum atomic E-state index is -1.29. The van der Waals surface area contributed by atoms with E-state index in [-0.39, 0.29) is 17.5 Å². The van der Waals surface area contributed by atoms with Crippen LogP contribution in [0.2, 0.25) is 0 Å². The summed E-state index contributed by atoms with van der Waals surface area (Å²) in [5.74, 6) is 0. The van der Waals surface area contributed by atoms with Crippen molar-refractivity contribution in [1.29, 1.82) is 0 Å². The average Bonchev–Trinajstić information content (AvgIpc) is 1.67. The molecule has 42 nitrogen and oxygen atoms in total. The first kappa shape index (κ1) is 125. The highest BCUT2D eigenvalue weighted by atomic mass is 31.2. The van der Waals surface area contributed by atoms with Gasteiger partial charge in [-0.3, -0.25) is 81.5 Å². The molecule has 6 aliphatic heterocycles. The molecule has 0 aliphatic carbocycles. The summed E-state index contributed by atoms with van der Waals surface area (Å²) in [7, 11) is 0. The number of nitrogens with one attached hydrogen (secondary N) is 6. The fraction of sp³-hybridized carbons (Fsp3) is 0.649. The molecule has 0 radical (unpaired) electrons. The van der Waals surface area contributed by atoms with Crippen molar-refractivity contribution < 1.29 is 89.7 Å². The number of ether oxygens (including phenoxy) is 6. The van der Waals surface area contributed by atoms with E-state index in [1.165, 1.54) is 55.4 Å². The van der Waals surface area contributed by atoms with Gasteiger partial charge in [0.1, 0.15) is 85.5 Å². The predicted octanol–water partition coefficient (Wildman–Crippen LogP) is 1.19. The van der Waals surface area contributed by atoms with Crippen LogP contribution in [0, 0.1) is 0 Å². The van der Waals surface area contributed by atoms with Crippen molar-refractivity contribution >= 4 is 79.1 Å². The Kier molecular flexibility index (Phi) is 46.4. The van der Waals surface area contributed by atoms with Gasteiger partial charge in [-0.15, -0.1) is 92.3 Å². The van der Waals surface area contributed by atoms with E-state index in [0.29, 0.717) is 99.6 Å². The molecule has 6 aromatic rings. The number of unbranched alkanes of at least 4 members (excludes halogenated alkanes) is 1. The molecule has 6 aromatic heterocycles. The van der Waals surface area contributed by atoms with Crippen molar-refractivity contribution in [2.75, 3.05) is 117 Å². The summed E-state index contributed by atoms with van der Waals surface area (Å²) in [6, 6.07) is 0. The van der Waals surface area contributed by atoms with Gasteiger partial charge in [0.05, 0.1) is 47.8 Å². The number of hydrogen-bond donors (Lipinski definition) is 18. The Morgan fingerprint density at radius 2 is 0.552 bits per heavy atom. The first-order valence-electron chi connectivity index (χ1n) is 48.7. The monoisotopic (exact) mass is 2160 g/mol. The van der Waals surface area contributed by atoms with E-state index < -0.39 is 256 Å². The first-order chi connectivity index (χ1) is 67.3. The molecule has 24 atom stereocenters. The molecule has 12 unspecified atom stereocenters. The molecule has 6 fully saturated rings. The highest BCUT2D eigenvalue weighted by Crippen LogP contribution is 2.46. The zero-order valence-electron chi connectivity index (χ0n) is 86.5. The molecular weight excluding hydrogens is 2000 g/mol. The number of aliphatic hydroxyl groups excluding tert-OH is 12. The molecule has 12 rings (SSSR count). The van der Waals surface area contributed by atoms with Crippen LogP contribution < -0.4 is 67.5 Å². The Hall–Kier alpha value is -7.36. The number of rotatable bonds is 37. The van der Waals surface area contributed by atoms with Crippen molar-refractivity contribution in [2.24, 2.45) is 0 Å². The third-order valence-electron chi connectivity index (χ3n) is 25.2. The van der Waals surface area contributed by atoms with E-state index in [4.69, 9.17) is 28.4 Å². The van der Waals surface area contributed by atoms with Gasteiger partial charge in [0.15, 0.2) is 24.9 Å². The highest BCUT2D eigenvalue weighted by Gasteiger charge is 2.50. The molecule has 48 heteroatoms. The number of hydrogen-bond acceptors (Lipinski definition) is 30. The number of nitrogens with zero attached hydrogens (tertiary/aromatic N) is 6. The maximum absolute atomic E-state index is 12.2. The average molecular weight is 2160 g/mol. The number of aromatic nitrogens is 12. The summed E-state index contributed by atoms with van der Waals surface area (Å²) < 4.78 is 41.9. The van der Waals surface area contributed by atoms with Crippen LogP contribution in [0.4, 0.5) is 0 Å². The Morgan fingerprint density at radius 1 is 0.297 bits per heavy atom. The minimum Gasteiger partial charge on any atom is -0.388 e. The van der Waals surface area contributed by atoms with E-state index in [2.05, 4.69) is 161 Å². The zero-order chi connectivity index (χ0) is 109. The summed E-state index contributed by atoms with van der Waals surface area (Å²) in [6.07, 6.45) is 27.1. The van der Waals surface area contributed by atoms with Gasteiger partial charge in [0, 0.05) is 72.5 Å². The second kappa shape index (κ2) is 54.1. The number of allylic oxidation sites excluding steroid dienone is 2. The Labute approximate surface area is 843 Å². The van der Waals surface area contributed by atoms with Gasteiger partial charge >= 0.3 is 34.1 Å². The van der Waals surface area contributed by atoms with Crippen LogP contribution in [0.25, 0.3) is 0 Å². The normalized spacial score (nSPS) is 27.4. The Balaban J connectivity index is 0.000000236. The fourth-order valence-electron chi connectivity index (χ4n) is 16.8. The first-order valence-corrected chi connectivity index (χ1v) is 67.1.